The van der Waals surface area contributed by atoms with Crippen LogP contribution in [0.3, 0.4) is 0 Å². The molecule has 0 radical (unpaired) electrons. The molecule has 4 aromatic rings. The topological polar surface area (TPSA) is 73.5 Å². The summed E-state index contributed by atoms with van der Waals surface area (Å²) < 4.78 is 13.9. The van der Waals surface area contributed by atoms with Gasteiger partial charge < -0.3 is 16.0 Å². The maximum absolute atomic E-state index is 13.9. The van der Waals surface area contributed by atoms with Crippen molar-refractivity contribution in [2.45, 2.75) is 38.8 Å². The number of carbonyl (C=O) groups excluding carboxylic acids is 2. The number of fused-ring (bicyclic) bond motifs is 1. The number of likely N-dealkylation sites (tertiary alicyclic amines) is 1. The molecule has 2 amide bonds. The molecule has 0 aliphatic carbocycles. The second-order valence-corrected chi connectivity index (χ2v) is 11.2. The fourth-order valence-electron chi connectivity index (χ4n) is 5.82. The highest BCUT2D eigenvalue weighted by Gasteiger charge is 2.30. The minimum Gasteiger partial charge on any atom is -0.354 e. The average Bonchev–Trinajstić information content (AvgIpc) is 3.36. The van der Waals surface area contributed by atoms with Gasteiger partial charge in [-0.25, -0.2) is 4.39 Å². The summed E-state index contributed by atoms with van der Waals surface area (Å²) in [4.78, 5) is 29.2. The van der Waals surface area contributed by atoms with Gasteiger partial charge in [0, 0.05) is 29.0 Å². The number of amides is 2. The van der Waals surface area contributed by atoms with Crippen LogP contribution in [0.1, 0.15) is 64.8 Å². The van der Waals surface area contributed by atoms with Crippen molar-refractivity contribution in [3.8, 4) is 0 Å². The van der Waals surface area contributed by atoms with Gasteiger partial charge in [0.2, 0.25) is 0 Å². The fourth-order valence-corrected chi connectivity index (χ4v) is 5.82. The molecule has 1 saturated heterocycles. The van der Waals surface area contributed by atoms with E-state index in [4.69, 9.17) is 0 Å². The van der Waals surface area contributed by atoms with Gasteiger partial charge in [-0.3, -0.25) is 14.5 Å². The Labute approximate surface area is 251 Å². The summed E-state index contributed by atoms with van der Waals surface area (Å²) in [6, 6.07) is 29.0. The Hall–Kier alpha value is -4.75. The normalized spacial score (nSPS) is 16.7. The lowest BCUT2D eigenvalue weighted by atomic mass is 9.98. The number of halogens is 1. The molecule has 1 atom stereocenters. The molecular formula is C36H35FN4O2. The Morgan fingerprint density at radius 2 is 1.63 bits per heavy atom. The molecular weight excluding hydrogens is 539 g/mol. The van der Waals surface area contributed by atoms with E-state index in [0.717, 1.165) is 30.9 Å². The molecule has 0 aromatic heterocycles. The first-order valence-electron chi connectivity index (χ1n) is 14.8. The van der Waals surface area contributed by atoms with E-state index in [1.807, 2.05) is 49.4 Å². The summed E-state index contributed by atoms with van der Waals surface area (Å²) in [5.41, 5.74) is 6.28. The highest BCUT2D eigenvalue weighted by Crippen LogP contribution is 2.38. The smallest absolute Gasteiger partial charge is 0.258 e. The average molecular weight is 575 g/mol. The number of nitrogens with zero attached hydrogens (tertiary/aromatic N) is 1. The van der Waals surface area contributed by atoms with Crippen molar-refractivity contribution in [2.75, 3.05) is 23.7 Å². The first-order chi connectivity index (χ1) is 20.9. The largest absolute Gasteiger partial charge is 0.354 e. The number of anilines is 2. The summed E-state index contributed by atoms with van der Waals surface area (Å²) in [7, 11) is 0. The van der Waals surface area contributed by atoms with Gasteiger partial charge in [-0.15, -0.1) is 0 Å². The van der Waals surface area contributed by atoms with Gasteiger partial charge in [0.25, 0.3) is 11.8 Å². The third kappa shape index (κ3) is 6.52. The molecule has 6 nitrogen and oxygen atoms in total. The van der Waals surface area contributed by atoms with Crippen LogP contribution in [0.4, 0.5) is 15.8 Å². The van der Waals surface area contributed by atoms with Crippen LogP contribution < -0.4 is 16.0 Å². The standard InChI is InChI=1S/C36H35FN4O2/c1-24(26-10-4-2-5-11-26)38-35(42)28-15-18-32-31(22-28)33(36(43)40-32)34(27-13-16-29(37)17-14-27)39-30-12-8-9-25(21-30)23-41-19-6-3-7-20-41/h2,4-5,8-18,21-22,24,39H,3,6-7,19-20,23H2,1H3,(H,38,42)(H,40,43)/t24-/m1/s1. The minimum atomic E-state index is -0.362. The molecule has 7 heteroatoms. The van der Waals surface area contributed by atoms with E-state index < -0.39 is 0 Å². The first-order valence-corrected chi connectivity index (χ1v) is 14.8. The quantitative estimate of drug-likeness (QED) is 0.194. The zero-order valence-corrected chi connectivity index (χ0v) is 24.2. The molecule has 2 aliphatic heterocycles. The van der Waals surface area contributed by atoms with Gasteiger partial charge in [0.05, 0.1) is 17.3 Å². The monoisotopic (exact) mass is 574 g/mol. The molecule has 0 unspecified atom stereocenters. The number of hydrogen-bond acceptors (Lipinski definition) is 4. The van der Waals surface area contributed by atoms with Crippen molar-refractivity contribution in [1.29, 1.82) is 0 Å². The second kappa shape index (κ2) is 12.6. The molecule has 0 bridgehead atoms. The summed E-state index contributed by atoms with van der Waals surface area (Å²) in [5, 5.41) is 9.48. The lowest BCUT2D eigenvalue weighted by Crippen LogP contribution is -2.29. The van der Waals surface area contributed by atoms with Gasteiger partial charge in [0.1, 0.15) is 5.82 Å². The van der Waals surface area contributed by atoms with Crippen molar-refractivity contribution in [3.05, 3.63) is 131 Å². The van der Waals surface area contributed by atoms with E-state index in [9.17, 15) is 14.0 Å². The molecule has 218 valence electrons. The van der Waals surface area contributed by atoms with Gasteiger partial charge in [0.15, 0.2) is 0 Å². The Morgan fingerprint density at radius 3 is 2.40 bits per heavy atom. The molecule has 6 rings (SSSR count). The maximum atomic E-state index is 13.9. The van der Waals surface area contributed by atoms with Gasteiger partial charge >= 0.3 is 0 Å². The molecule has 2 aliphatic rings. The molecule has 0 saturated carbocycles. The van der Waals surface area contributed by atoms with Gasteiger partial charge in [-0.2, -0.15) is 0 Å². The van der Waals surface area contributed by atoms with Crippen LogP contribution in [0.2, 0.25) is 0 Å². The van der Waals surface area contributed by atoms with Gasteiger partial charge in [-0.1, -0.05) is 48.9 Å². The second-order valence-electron chi connectivity index (χ2n) is 11.2. The van der Waals surface area contributed by atoms with Crippen molar-refractivity contribution in [2.24, 2.45) is 0 Å². The van der Waals surface area contributed by atoms with Crippen LogP contribution >= 0.6 is 0 Å². The molecule has 2 heterocycles. The summed E-state index contributed by atoms with van der Waals surface area (Å²) in [6.45, 7) is 4.99. The van der Waals surface area contributed by atoms with Crippen molar-refractivity contribution in [3.63, 3.8) is 0 Å². The number of carbonyl (C=O) groups is 2. The van der Waals surface area contributed by atoms with Crippen molar-refractivity contribution >= 4 is 34.5 Å². The lowest BCUT2D eigenvalue weighted by molar-refractivity contribution is -0.110. The third-order valence-electron chi connectivity index (χ3n) is 8.11. The van der Waals surface area contributed by atoms with E-state index in [1.54, 1.807) is 30.3 Å². The first kappa shape index (κ1) is 28.4. The number of nitrogens with one attached hydrogen (secondary N) is 3. The summed E-state index contributed by atoms with van der Waals surface area (Å²) in [6.07, 6.45) is 3.72. The van der Waals surface area contributed by atoms with Crippen LogP contribution in [0, 0.1) is 5.82 Å². The van der Waals surface area contributed by atoms with Gasteiger partial charge in [-0.05, 0) is 104 Å². The Balaban J connectivity index is 1.35. The van der Waals surface area contributed by atoms with Crippen molar-refractivity contribution < 1.29 is 14.0 Å². The number of rotatable bonds is 8. The molecule has 1 fully saturated rings. The van der Waals surface area contributed by atoms with Crippen LogP contribution in [0.15, 0.2) is 97.1 Å². The molecule has 0 spiro atoms. The minimum absolute atomic E-state index is 0.189. The Morgan fingerprint density at radius 1 is 0.884 bits per heavy atom. The summed E-state index contributed by atoms with van der Waals surface area (Å²) in [5.74, 6) is -0.888. The third-order valence-corrected chi connectivity index (χ3v) is 8.11. The predicted octanol–water partition coefficient (Wildman–Crippen LogP) is 7.24. The van der Waals surface area contributed by atoms with E-state index in [1.165, 1.54) is 37.0 Å². The molecule has 43 heavy (non-hydrogen) atoms. The van der Waals surface area contributed by atoms with E-state index in [0.29, 0.717) is 33.6 Å². The van der Waals surface area contributed by atoms with Crippen LogP contribution in [0.5, 0.6) is 0 Å². The molecule has 4 aromatic carbocycles. The predicted molar refractivity (Wildman–Crippen MR) is 170 cm³/mol. The lowest BCUT2D eigenvalue weighted by Gasteiger charge is -2.26. The highest BCUT2D eigenvalue weighted by molar-refractivity contribution is 6.37. The number of piperidine rings is 1. The Kier molecular flexibility index (Phi) is 8.34. The Bertz CT molecular complexity index is 1660. The summed E-state index contributed by atoms with van der Waals surface area (Å²) >= 11 is 0. The van der Waals surface area contributed by atoms with E-state index in [-0.39, 0.29) is 23.7 Å². The van der Waals surface area contributed by atoms with Crippen LogP contribution in [-0.2, 0) is 11.3 Å². The SMILES string of the molecule is C[C@@H](NC(=O)c1ccc2c(c1)C(=C(Nc1cccc(CN3CCCCC3)c1)c1ccc(F)cc1)C(=O)N2)c1ccccc1. The van der Waals surface area contributed by atoms with Crippen LogP contribution in [-0.4, -0.2) is 29.8 Å². The number of hydrogen-bond donors (Lipinski definition) is 3. The van der Waals surface area contributed by atoms with E-state index in [2.05, 4.69) is 33.0 Å². The zero-order valence-electron chi connectivity index (χ0n) is 24.2. The fraction of sp³-hybridized carbons (Fsp3) is 0.222. The van der Waals surface area contributed by atoms with Crippen LogP contribution in [0.25, 0.3) is 11.3 Å². The highest BCUT2D eigenvalue weighted by atomic mass is 19.1. The van der Waals surface area contributed by atoms with E-state index >= 15 is 0 Å². The molecule has 3 N–H and O–H groups in total. The maximum Gasteiger partial charge on any atom is 0.258 e. The van der Waals surface area contributed by atoms with Crippen molar-refractivity contribution in [1.82, 2.24) is 10.2 Å². The zero-order chi connectivity index (χ0) is 29.8. The number of benzene rings is 4.